The van der Waals surface area contributed by atoms with Crippen molar-refractivity contribution in [2.75, 3.05) is 0 Å². The maximum absolute atomic E-state index is 12.7. The molecular weight excluding hydrogens is 478 g/mol. The number of ether oxygens (including phenoxy) is 1. The number of amides is 1. The molecule has 0 radical (unpaired) electrons. The molecule has 0 heterocycles. The van der Waals surface area contributed by atoms with Gasteiger partial charge in [0.05, 0.1) is 6.42 Å². The zero-order valence-corrected chi connectivity index (χ0v) is 21.8. The molecule has 37 heavy (non-hydrogen) atoms. The van der Waals surface area contributed by atoms with Crippen LogP contribution in [0, 0.1) is 28.6 Å². The van der Waals surface area contributed by atoms with Gasteiger partial charge in [0.15, 0.2) is 5.78 Å². The molecule has 7 atom stereocenters. The van der Waals surface area contributed by atoms with Gasteiger partial charge < -0.3 is 20.3 Å². The fourth-order valence-electron chi connectivity index (χ4n) is 7.93. The Morgan fingerprint density at radius 1 is 1.00 bits per heavy atom. The number of hydrogen-bond acceptors (Lipinski definition) is 6. The average molecular weight is 518 g/mol. The van der Waals surface area contributed by atoms with Crippen LogP contribution in [0.15, 0.2) is 11.6 Å². The van der Waals surface area contributed by atoms with E-state index in [1.165, 1.54) is 5.57 Å². The van der Waals surface area contributed by atoms with Gasteiger partial charge in [0, 0.05) is 24.7 Å². The maximum atomic E-state index is 12.7. The molecule has 9 heteroatoms. The fraction of sp³-hybridized carbons (Fsp3) is 0.750. The van der Waals surface area contributed by atoms with Crippen molar-refractivity contribution in [3.63, 3.8) is 0 Å². The summed E-state index contributed by atoms with van der Waals surface area (Å²) >= 11 is 0. The number of carboxylic acids is 2. The number of esters is 1. The van der Waals surface area contributed by atoms with Crippen molar-refractivity contribution >= 4 is 29.6 Å². The van der Waals surface area contributed by atoms with Gasteiger partial charge in [0.1, 0.15) is 12.1 Å². The molecule has 5 unspecified atom stereocenters. The zero-order valence-electron chi connectivity index (χ0n) is 21.8. The van der Waals surface area contributed by atoms with Gasteiger partial charge in [-0.1, -0.05) is 19.4 Å². The minimum atomic E-state index is -1.31. The maximum Gasteiger partial charge on any atom is 0.326 e. The zero-order chi connectivity index (χ0) is 27.0. The second-order valence-corrected chi connectivity index (χ2v) is 12.0. The van der Waals surface area contributed by atoms with Crippen LogP contribution in [-0.2, 0) is 28.7 Å². The van der Waals surface area contributed by atoms with Gasteiger partial charge in [-0.05, 0) is 80.6 Å². The molecule has 0 aromatic carbocycles. The number of carboxylic acid groups (broad SMARTS) is 2. The highest BCUT2D eigenvalue weighted by Gasteiger charge is 2.59. The molecule has 3 saturated carbocycles. The summed E-state index contributed by atoms with van der Waals surface area (Å²) in [6.45, 7) is 4.59. The molecule has 3 fully saturated rings. The third-order valence-electron chi connectivity index (χ3n) is 9.99. The first-order valence-corrected chi connectivity index (χ1v) is 13.6. The first-order chi connectivity index (χ1) is 17.4. The quantitative estimate of drug-likeness (QED) is 0.393. The van der Waals surface area contributed by atoms with Crippen molar-refractivity contribution < 1.29 is 38.9 Å². The van der Waals surface area contributed by atoms with Gasteiger partial charge in [0.2, 0.25) is 5.91 Å². The molecule has 0 spiro atoms. The summed E-state index contributed by atoms with van der Waals surface area (Å²) in [6.07, 6.45) is 8.20. The van der Waals surface area contributed by atoms with Crippen LogP contribution in [0.5, 0.6) is 0 Å². The second-order valence-electron chi connectivity index (χ2n) is 12.0. The van der Waals surface area contributed by atoms with E-state index in [0.717, 1.165) is 44.9 Å². The van der Waals surface area contributed by atoms with Crippen LogP contribution in [0.1, 0.15) is 90.9 Å². The van der Waals surface area contributed by atoms with Crippen molar-refractivity contribution in [2.24, 2.45) is 28.6 Å². The van der Waals surface area contributed by atoms with E-state index in [4.69, 9.17) is 9.84 Å². The lowest BCUT2D eigenvalue weighted by Crippen LogP contribution is -2.51. The Balaban J connectivity index is 1.31. The van der Waals surface area contributed by atoms with Crippen LogP contribution in [0.4, 0.5) is 0 Å². The predicted octanol–water partition coefficient (Wildman–Crippen LogP) is 3.64. The number of ketones is 1. The Morgan fingerprint density at radius 2 is 1.76 bits per heavy atom. The number of rotatable bonds is 9. The van der Waals surface area contributed by atoms with Crippen LogP contribution in [0.2, 0.25) is 0 Å². The molecule has 0 aromatic rings. The Hall–Kier alpha value is -2.71. The number of allylic oxidation sites excluding steroid dienone is 1. The highest BCUT2D eigenvalue weighted by Crippen LogP contribution is 2.65. The number of carbonyl (C=O) groups excluding carboxylic acids is 3. The summed E-state index contributed by atoms with van der Waals surface area (Å²) < 4.78 is 5.92. The first kappa shape index (κ1) is 27.3. The van der Waals surface area contributed by atoms with Gasteiger partial charge in [-0.3, -0.25) is 19.2 Å². The highest BCUT2D eigenvalue weighted by molar-refractivity contribution is 5.91. The monoisotopic (exact) mass is 517 g/mol. The van der Waals surface area contributed by atoms with Crippen molar-refractivity contribution in [3.8, 4) is 0 Å². The smallest absolute Gasteiger partial charge is 0.326 e. The van der Waals surface area contributed by atoms with Crippen LogP contribution in [0.25, 0.3) is 0 Å². The molecule has 204 valence electrons. The molecule has 4 aliphatic carbocycles. The summed E-state index contributed by atoms with van der Waals surface area (Å²) in [5.41, 5.74) is 1.33. The molecule has 0 bridgehead atoms. The lowest BCUT2D eigenvalue weighted by molar-refractivity contribution is -0.160. The standard InChI is InChI=1S/C28H39NO8/c1-27-13-11-17(30)15-16(27)3-4-18-19-5-7-22(28(19,2)14-12-20(18)27)37-25(34)10-8-23(31)29-21(26(35)36)6-9-24(32)33/h15,18-22H,3-14H2,1-2H3,(H,29,31)(H,32,33)(H,35,36)/t18?,19?,20?,21?,22?,27-,28-/m0/s1. The molecule has 3 N–H and O–H groups in total. The summed E-state index contributed by atoms with van der Waals surface area (Å²) in [5, 5.41) is 20.2. The number of aliphatic carboxylic acids is 2. The van der Waals surface area contributed by atoms with Crippen molar-refractivity contribution in [2.45, 2.75) is 103 Å². The van der Waals surface area contributed by atoms with E-state index in [2.05, 4.69) is 19.2 Å². The van der Waals surface area contributed by atoms with E-state index >= 15 is 0 Å². The van der Waals surface area contributed by atoms with E-state index in [0.29, 0.717) is 24.2 Å². The Kier molecular flexibility index (Phi) is 7.81. The highest BCUT2D eigenvalue weighted by atomic mass is 16.5. The molecule has 9 nitrogen and oxygen atoms in total. The topological polar surface area (TPSA) is 147 Å². The van der Waals surface area contributed by atoms with Gasteiger partial charge in [-0.25, -0.2) is 4.79 Å². The third kappa shape index (κ3) is 5.46. The lowest BCUT2D eigenvalue weighted by Gasteiger charge is -2.57. The number of carbonyl (C=O) groups is 5. The van der Waals surface area contributed by atoms with Gasteiger partial charge in [0.25, 0.3) is 0 Å². The van der Waals surface area contributed by atoms with Crippen LogP contribution in [-0.4, -0.2) is 52.0 Å². The molecule has 4 rings (SSSR count). The Morgan fingerprint density at radius 3 is 2.46 bits per heavy atom. The molecule has 4 aliphatic rings. The summed E-state index contributed by atoms with van der Waals surface area (Å²) in [6, 6.07) is -1.31. The Bertz CT molecular complexity index is 1000. The van der Waals surface area contributed by atoms with E-state index in [1.54, 1.807) is 0 Å². The summed E-state index contributed by atoms with van der Waals surface area (Å²) in [7, 11) is 0. The lowest BCUT2D eigenvalue weighted by atomic mass is 9.47. The molecule has 0 aromatic heterocycles. The normalized spacial score (nSPS) is 35.3. The van der Waals surface area contributed by atoms with E-state index in [1.807, 2.05) is 6.08 Å². The average Bonchev–Trinajstić information content (AvgIpc) is 3.16. The van der Waals surface area contributed by atoms with Crippen LogP contribution >= 0.6 is 0 Å². The van der Waals surface area contributed by atoms with Crippen molar-refractivity contribution in [3.05, 3.63) is 11.6 Å². The minimum Gasteiger partial charge on any atom is -0.481 e. The molecule has 0 aliphatic heterocycles. The second kappa shape index (κ2) is 10.6. The molecule has 1 amide bonds. The van der Waals surface area contributed by atoms with Crippen LogP contribution in [0.3, 0.4) is 0 Å². The molecular formula is C28H39NO8. The Labute approximate surface area is 217 Å². The number of fused-ring (bicyclic) bond motifs is 5. The predicted molar refractivity (Wildman–Crippen MR) is 132 cm³/mol. The molecule has 0 saturated heterocycles. The number of nitrogens with one attached hydrogen (secondary N) is 1. The first-order valence-electron chi connectivity index (χ1n) is 13.6. The van der Waals surface area contributed by atoms with Crippen molar-refractivity contribution in [1.82, 2.24) is 5.32 Å². The largest absolute Gasteiger partial charge is 0.481 e. The van der Waals surface area contributed by atoms with E-state index in [-0.39, 0.29) is 48.4 Å². The SMILES string of the molecule is C[C@]12CCC3C(CCC4=CC(=O)CC[C@@]43C)C1CCC2OC(=O)CCC(=O)NC(CCC(=O)O)C(=O)O. The fourth-order valence-corrected chi connectivity index (χ4v) is 7.93. The van der Waals surface area contributed by atoms with E-state index < -0.39 is 29.9 Å². The van der Waals surface area contributed by atoms with Crippen LogP contribution < -0.4 is 5.32 Å². The minimum absolute atomic E-state index is 0.0958. The number of hydrogen-bond donors (Lipinski definition) is 3. The summed E-state index contributed by atoms with van der Waals surface area (Å²) in [5.74, 6) is -1.70. The summed E-state index contributed by atoms with van der Waals surface area (Å²) in [4.78, 5) is 58.9. The van der Waals surface area contributed by atoms with Gasteiger partial charge >= 0.3 is 17.9 Å². The van der Waals surface area contributed by atoms with E-state index in [9.17, 15) is 29.1 Å². The van der Waals surface area contributed by atoms with Gasteiger partial charge in [-0.15, -0.1) is 0 Å². The third-order valence-corrected chi connectivity index (χ3v) is 9.99. The van der Waals surface area contributed by atoms with Crippen molar-refractivity contribution in [1.29, 1.82) is 0 Å². The van der Waals surface area contributed by atoms with Gasteiger partial charge in [-0.2, -0.15) is 0 Å².